The van der Waals surface area contributed by atoms with Crippen LogP contribution in [0, 0.1) is 12.8 Å². The summed E-state index contributed by atoms with van der Waals surface area (Å²) < 4.78 is 30.5. The fourth-order valence-electron chi connectivity index (χ4n) is 3.61. The van der Waals surface area contributed by atoms with Crippen LogP contribution in [0.2, 0.25) is 0 Å². The predicted octanol–water partition coefficient (Wildman–Crippen LogP) is 3.72. The van der Waals surface area contributed by atoms with Gasteiger partial charge in [0.15, 0.2) is 5.69 Å². The van der Waals surface area contributed by atoms with Gasteiger partial charge in [-0.15, -0.1) is 0 Å². The van der Waals surface area contributed by atoms with Gasteiger partial charge in [0.25, 0.3) is 5.91 Å². The Morgan fingerprint density at radius 2 is 1.97 bits per heavy atom. The standard InChI is InChI=1S/C20H26N4O4S/c1-14-18(19(25)23-29(3,26)27)22-20(28-14)24(13-12-15-6-4-5-7-15)17-10-8-16(21-2)9-11-17/h8-11,15H,2,4-7,12-13H2,1,3H3,(H,23,25). The lowest BCUT2D eigenvalue weighted by Gasteiger charge is -2.22. The van der Waals surface area contributed by atoms with Gasteiger partial charge < -0.3 is 4.42 Å². The number of anilines is 2. The van der Waals surface area contributed by atoms with Crippen molar-refractivity contribution < 1.29 is 17.6 Å². The number of sulfonamides is 1. The average Bonchev–Trinajstić information content (AvgIpc) is 3.31. The number of benzene rings is 1. The summed E-state index contributed by atoms with van der Waals surface area (Å²) in [4.78, 5) is 22.4. The van der Waals surface area contributed by atoms with Crippen LogP contribution in [0.1, 0.15) is 48.4 Å². The molecule has 1 amide bonds. The number of carbonyl (C=O) groups is 1. The second-order valence-corrected chi connectivity index (χ2v) is 9.12. The van der Waals surface area contributed by atoms with Crippen molar-refractivity contribution in [1.29, 1.82) is 0 Å². The Kier molecular flexibility index (Phi) is 6.36. The molecule has 2 aromatic rings. The van der Waals surface area contributed by atoms with E-state index in [-0.39, 0.29) is 17.5 Å². The van der Waals surface area contributed by atoms with E-state index < -0.39 is 15.9 Å². The van der Waals surface area contributed by atoms with Crippen LogP contribution < -0.4 is 9.62 Å². The van der Waals surface area contributed by atoms with Crippen LogP contribution >= 0.6 is 0 Å². The van der Waals surface area contributed by atoms with E-state index in [2.05, 4.69) is 16.7 Å². The molecule has 0 unspecified atom stereocenters. The highest BCUT2D eigenvalue weighted by atomic mass is 32.2. The van der Waals surface area contributed by atoms with Crippen molar-refractivity contribution >= 4 is 40.0 Å². The second kappa shape index (κ2) is 8.77. The van der Waals surface area contributed by atoms with Crippen LogP contribution in [0.25, 0.3) is 0 Å². The lowest BCUT2D eigenvalue weighted by molar-refractivity contribution is 0.0976. The summed E-state index contributed by atoms with van der Waals surface area (Å²) in [6.07, 6.45) is 6.87. The van der Waals surface area contributed by atoms with Gasteiger partial charge >= 0.3 is 6.01 Å². The minimum atomic E-state index is -3.69. The fourth-order valence-corrected chi connectivity index (χ4v) is 4.04. The molecule has 0 radical (unpaired) electrons. The molecular formula is C20H26N4O4S. The summed E-state index contributed by atoms with van der Waals surface area (Å²) in [6.45, 7) is 5.80. The lowest BCUT2D eigenvalue weighted by atomic mass is 10.0. The number of hydrogen-bond donors (Lipinski definition) is 1. The van der Waals surface area contributed by atoms with E-state index in [1.54, 1.807) is 6.92 Å². The molecule has 0 spiro atoms. The topological polar surface area (TPSA) is 105 Å². The van der Waals surface area contributed by atoms with Gasteiger partial charge in [-0.3, -0.25) is 14.7 Å². The molecule has 9 heteroatoms. The largest absolute Gasteiger partial charge is 0.428 e. The third-order valence-electron chi connectivity index (χ3n) is 5.09. The Bertz CT molecular complexity index is 976. The van der Waals surface area contributed by atoms with Crippen molar-refractivity contribution in [2.75, 3.05) is 17.7 Å². The number of aromatic nitrogens is 1. The quantitative estimate of drug-likeness (QED) is 0.655. The van der Waals surface area contributed by atoms with Gasteiger partial charge in [-0.25, -0.2) is 13.1 Å². The van der Waals surface area contributed by atoms with Crippen LogP contribution in [0.5, 0.6) is 0 Å². The number of nitrogens with zero attached hydrogens (tertiary/aromatic N) is 3. The van der Waals surface area contributed by atoms with Gasteiger partial charge in [-0.2, -0.15) is 4.98 Å². The third kappa shape index (κ3) is 5.44. The number of aryl methyl sites for hydroxylation is 1. The minimum absolute atomic E-state index is 0.0410. The van der Waals surface area contributed by atoms with Gasteiger partial charge in [-0.05, 0) is 50.2 Å². The molecule has 1 saturated carbocycles. The molecule has 0 bridgehead atoms. The summed E-state index contributed by atoms with van der Waals surface area (Å²) in [7, 11) is -3.69. The fraction of sp³-hybridized carbons (Fsp3) is 0.450. The Labute approximate surface area is 171 Å². The molecule has 1 aromatic heterocycles. The first-order valence-corrected chi connectivity index (χ1v) is 11.5. The van der Waals surface area contributed by atoms with Gasteiger partial charge in [-0.1, -0.05) is 25.7 Å². The number of nitrogens with one attached hydrogen (secondary N) is 1. The zero-order chi connectivity index (χ0) is 21.0. The highest BCUT2D eigenvalue weighted by Gasteiger charge is 2.25. The first-order chi connectivity index (χ1) is 13.8. The van der Waals surface area contributed by atoms with Crippen LogP contribution in [-0.2, 0) is 10.0 Å². The number of carbonyl (C=O) groups excluding carboxylic acids is 1. The molecule has 1 aromatic carbocycles. The molecule has 0 saturated heterocycles. The van der Waals surface area contributed by atoms with Crippen LogP contribution in [0.15, 0.2) is 33.7 Å². The molecule has 156 valence electrons. The van der Waals surface area contributed by atoms with Gasteiger partial charge in [0.2, 0.25) is 10.0 Å². The van der Waals surface area contributed by atoms with Crippen LogP contribution in [0.3, 0.4) is 0 Å². The SMILES string of the molecule is C=Nc1ccc(N(CCC2CCCC2)c2nc(C(=O)NS(C)(=O)=O)c(C)o2)cc1. The summed E-state index contributed by atoms with van der Waals surface area (Å²) in [6, 6.07) is 7.75. The van der Waals surface area contributed by atoms with Crippen molar-refractivity contribution in [2.24, 2.45) is 10.9 Å². The summed E-state index contributed by atoms with van der Waals surface area (Å²) in [5, 5.41) is 0. The van der Waals surface area contributed by atoms with Crippen molar-refractivity contribution in [1.82, 2.24) is 9.71 Å². The van der Waals surface area contributed by atoms with Crippen LogP contribution in [-0.4, -0.2) is 38.8 Å². The Morgan fingerprint density at radius 3 is 2.55 bits per heavy atom. The summed E-state index contributed by atoms with van der Waals surface area (Å²) in [5.41, 5.74) is 1.56. The highest BCUT2D eigenvalue weighted by Crippen LogP contribution is 2.32. The second-order valence-electron chi connectivity index (χ2n) is 7.37. The summed E-state index contributed by atoms with van der Waals surface area (Å²) >= 11 is 0. The molecule has 0 aliphatic heterocycles. The molecular weight excluding hydrogens is 392 g/mol. The maximum Gasteiger partial charge on any atom is 0.302 e. The van der Waals surface area contributed by atoms with Gasteiger partial charge in [0.1, 0.15) is 5.76 Å². The van der Waals surface area contributed by atoms with Crippen molar-refractivity contribution in [3.63, 3.8) is 0 Å². The molecule has 1 aliphatic rings. The minimum Gasteiger partial charge on any atom is -0.428 e. The van der Waals surface area contributed by atoms with E-state index in [1.807, 2.05) is 33.9 Å². The van der Waals surface area contributed by atoms with Gasteiger partial charge in [0.05, 0.1) is 11.9 Å². The first-order valence-electron chi connectivity index (χ1n) is 9.60. The molecule has 29 heavy (non-hydrogen) atoms. The van der Waals surface area contributed by atoms with Gasteiger partial charge in [0, 0.05) is 12.2 Å². The Balaban J connectivity index is 1.89. The lowest BCUT2D eigenvalue weighted by Crippen LogP contribution is -2.30. The number of amides is 1. The molecule has 1 heterocycles. The van der Waals surface area contributed by atoms with E-state index in [0.29, 0.717) is 12.5 Å². The molecule has 1 fully saturated rings. The van der Waals surface area contributed by atoms with E-state index in [0.717, 1.165) is 24.1 Å². The van der Waals surface area contributed by atoms with E-state index in [1.165, 1.54) is 25.7 Å². The number of oxazole rings is 1. The predicted molar refractivity (Wildman–Crippen MR) is 113 cm³/mol. The number of rotatable bonds is 8. The number of hydrogen-bond acceptors (Lipinski definition) is 7. The first kappa shape index (κ1) is 21.0. The molecule has 0 atom stereocenters. The zero-order valence-electron chi connectivity index (χ0n) is 16.7. The Morgan fingerprint density at radius 1 is 1.31 bits per heavy atom. The smallest absolute Gasteiger partial charge is 0.302 e. The third-order valence-corrected chi connectivity index (χ3v) is 5.65. The maximum absolute atomic E-state index is 12.3. The van der Waals surface area contributed by atoms with E-state index >= 15 is 0 Å². The monoisotopic (exact) mass is 418 g/mol. The normalized spacial score (nSPS) is 14.7. The van der Waals surface area contributed by atoms with Crippen molar-refractivity contribution in [3.8, 4) is 0 Å². The molecule has 8 nitrogen and oxygen atoms in total. The highest BCUT2D eigenvalue weighted by molar-refractivity contribution is 7.89. The maximum atomic E-state index is 12.3. The average molecular weight is 419 g/mol. The van der Waals surface area contributed by atoms with Crippen molar-refractivity contribution in [2.45, 2.75) is 39.0 Å². The van der Waals surface area contributed by atoms with E-state index in [9.17, 15) is 13.2 Å². The molecule has 1 N–H and O–H groups in total. The Hall–Kier alpha value is -2.68. The van der Waals surface area contributed by atoms with E-state index in [4.69, 9.17) is 4.42 Å². The molecule has 1 aliphatic carbocycles. The molecule has 3 rings (SSSR count). The van der Waals surface area contributed by atoms with Crippen molar-refractivity contribution in [3.05, 3.63) is 35.7 Å². The number of aliphatic imine (C=N–C) groups is 1. The van der Waals surface area contributed by atoms with Crippen LogP contribution in [0.4, 0.5) is 17.4 Å². The zero-order valence-corrected chi connectivity index (χ0v) is 17.5. The summed E-state index contributed by atoms with van der Waals surface area (Å²) in [5.74, 6) is 0.119.